The van der Waals surface area contributed by atoms with Crippen molar-refractivity contribution in [2.75, 3.05) is 23.7 Å². The Kier molecular flexibility index (Phi) is 6.32. The van der Waals surface area contributed by atoms with Crippen LogP contribution >= 0.6 is 0 Å². The van der Waals surface area contributed by atoms with Crippen LogP contribution in [0.1, 0.15) is 12.5 Å². The molecular formula is C12H19NO7S2. The quantitative estimate of drug-likeness (QED) is 0.661. The second kappa shape index (κ2) is 7.38. The maximum atomic E-state index is 11.0. The van der Waals surface area contributed by atoms with Crippen molar-refractivity contribution in [2.24, 2.45) is 0 Å². The summed E-state index contributed by atoms with van der Waals surface area (Å²) in [5, 5.41) is 0. The average molecular weight is 353 g/mol. The topological polar surface area (TPSA) is 121 Å². The fourth-order valence-electron chi connectivity index (χ4n) is 2.01. The van der Waals surface area contributed by atoms with Gasteiger partial charge in [0.15, 0.2) is 0 Å². The van der Waals surface area contributed by atoms with E-state index in [4.69, 9.17) is 9.11 Å². The molecule has 1 unspecified atom stereocenters. The minimum absolute atomic E-state index is 0.139. The fourth-order valence-corrected chi connectivity index (χ4v) is 3.21. The lowest BCUT2D eigenvalue weighted by molar-refractivity contribution is 0.201. The van der Waals surface area contributed by atoms with E-state index in [1.54, 1.807) is 24.0 Å². The third-order valence-electron chi connectivity index (χ3n) is 2.83. The summed E-state index contributed by atoms with van der Waals surface area (Å²) in [6.07, 6.45) is -1.44. The molecule has 126 valence electrons. The first kappa shape index (κ1) is 18.8. The predicted octanol–water partition coefficient (Wildman–Crippen LogP) is 0.897. The molecule has 1 aromatic rings. The van der Waals surface area contributed by atoms with Gasteiger partial charge in [-0.3, -0.25) is 9.11 Å². The zero-order chi connectivity index (χ0) is 17.0. The van der Waals surface area contributed by atoms with Crippen LogP contribution in [0, 0.1) is 6.92 Å². The van der Waals surface area contributed by atoms with Gasteiger partial charge in [-0.1, -0.05) is 12.1 Å². The zero-order valence-corrected chi connectivity index (χ0v) is 13.8. The van der Waals surface area contributed by atoms with Crippen molar-refractivity contribution in [2.45, 2.75) is 20.0 Å². The highest BCUT2D eigenvalue weighted by Gasteiger charge is 2.25. The summed E-state index contributed by atoms with van der Waals surface area (Å²) in [5.74, 6) is -0.949. The molecular weight excluding hydrogens is 334 g/mol. The van der Waals surface area contributed by atoms with Crippen LogP contribution in [0.2, 0.25) is 0 Å². The minimum atomic E-state index is -4.84. The van der Waals surface area contributed by atoms with Crippen molar-refractivity contribution >= 4 is 26.2 Å². The van der Waals surface area contributed by atoms with Gasteiger partial charge < -0.3 is 4.90 Å². The molecule has 0 heterocycles. The van der Waals surface area contributed by atoms with E-state index in [0.717, 1.165) is 11.3 Å². The van der Waals surface area contributed by atoms with Crippen LogP contribution in [0.25, 0.3) is 0 Å². The van der Waals surface area contributed by atoms with Crippen molar-refractivity contribution in [1.82, 2.24) is 0 Å². The van der Waals surface area contributed by atoms with Gasteiger partial charge in [0.1, 0.15) is 11.9 Å². The Hall–Kier alpha value is -1.20. The zero-order valence-electron chi connectivity index (χ0n) is 12.2. The number of benzene rings is 1. The van der Waals surface area contributed by atoms with Gasteiger partial charge in [-0.15, -0.1) is 0 Å². The van der Waals surface area contributed by atoms with Gasteiger partial charge in [0.2, 0.25) is 0 Å². The van der Waals surface area contributed by atoms with Gasteiger partial charge in [-0.2, -0.15) is 16.8 Å². The van der Waals surface area contributed by atoms with Crippen LogP contribution in [0.4, 0.5) is 5.69 Å². The van der Waals surface area contributed by atoms with Gasteiger partial charge in [-0.05, 0) is 31.5 Å². The van der Waals surface area contributed by atoms with E-state index >= 15 is 0 Å². The van der Waals surface area contributed by atoms with E-state index in [1.165, 1.54) is 0 Å². The number of nitrogens with zero attached hydrogens (tertiary/aromatic N) is 1. The molecule has 1 aromatic carbocycles. The highest BCUT2D eigenvalue weighted by atomic mass is 32.3. The van der Waals surface area contributed by atoms with Crippen molar-refractivity contribution < 1.29 is 30.1 Å². The summed E-state index contributed by atoms with van der Waals surface area (Å²) in [4.78, 5) is 1.67. The van der Waals surface area contributed by atoms with Gasteiger partial charge in [0.25, 0.3) is 10.1 Å². The van der Waals surface area contributed by atoms with E-state index in [2.05, 4.69) is 4.18 Å². The van der Waals surface area contributed by atoms with Gasteiger partial charge >= 0.3 is 10.4 Å². The van der Waals surface area contributed by atoms with Crippen molar-refractivity contribution in [1.29, 1.82) is 0 Å². The molecule has 1 rings (SSSR count). The molecule has 0 fully saturated rings. The minimum Gasteiger partial charge on any atom is -0.369 e. The molecule has 0 aliphatic rings. The van der Waals surface area contributed by atoms with Crippen LogP contribution in [-0.2, 0) is 24.7 Å². The predicted molar refractivity (Wildman–Crippen MR) is 81.9 cm³/mol. The number of hydrogen-bond donors (Lipinski definition) is 2. The summed E-state index contributed by atoms with van der Waals surface area (Å²) < 4.78 is 65.6. The molecule has 0 aliphatic heterocycles. The molecule has 2 N–H and O–H groups in total. The van der Waals surface area contributed by atoms with Crippen LogP contribution in [0.5, 0.6) is 0 Å². The maximum Gasteiger partial charge on any atom is 0.397 e. The molecule has 0 saturated heterocycles. The summed E-state index contributed by atoms with van der Waals surface area (Å²) >= 11 is 0. The van der Waals surface area contributed by atoms with E-state index in [0.29, 0.717) is 6.54 Å². The lowest BCUT2D eigenvalue weighted by Gasteiger charge is -2.27. The molecule has 1 atom stereocenters. The second-order valence-electron chi connectivity index (χ2n) is 4.77. The summed E-state index contributed by atoms with van der Waals surface area (Å²) in [6, 6.07) is 7.28. The van der Waals surface area contributed by atoms with E-state index in [9.17, 15) is 16.8 Å². The summed E-state index contributed by atoms with van der Waals surface area (Å²) in [5.41, 5.74) is 1.71. The molecule has 8 nitrogen and oxygen atoms in total. The van der Waals surface area contributed by atoms with Crippen molar-refractivity contribution in [3.05, 3.63) is 29.8 Å². The lowest BCUT2D eigenvalue weighted by Crippen LogP contribution is -2.39. The first-order valence-corrected chi connectivity index (χ1v) is 9.40. The first-order valence-electron chi connectivity index (χ1n) is 6.42. The number of likely N-dealkylation sites (N-methyl/N-ethyl adjacent to an activating group) is 1. The monoisotopic (exact) mass is 353 g/mol. The Labute approximate surface area is 130 Å². The lowest BCUT2D eigenvalue weighted by atomic mass is 10.2. The van der Waals surface area contributed by atoms with Crippen molar-refractivity contribution in [3.63, 3.8) is 0 Å². The van der Waals surface area contributed by atoms with Crippen LogP contribution < -0.4 is 4.90 Å². The third-order valence-corrected chi connectivity index (χ3v) is 4.14. The highest BCUT2D eigenvalue weighted by molar-refractivity contribution is 7.85. The molecule has 10 heteroatoms. The molecule has 22 heavy (non-hydrogen) atoms. The smallest absolute Gasteiger partial charge is 0.369 e. The number of rotatable bonds is 8. The van der Waals surface area contributed by atoms with Crippen molar-refractivity contribution in [3.8, 4) is 0 Å². The van der Waals surface area contributed by atoms with Gasteiger partial charge in [0.05, 0.1) is 0 Å². The Morgan fingerprint density at radius 1 is 1.23 bits per heavy atom. The summed E-state index contributed by atoms with van der Waals surface area (Å²) in [7, 11) is -9.31. The molecule has 0 bridgehead atoms. The highest BCUT2D eigenvalue weighted by Crippen LogP contribution is 2.17. The number of aryl methyl sites for hydroxylation is 1. The molecule has 0 saturated carbocycles. The van der Waals surface area contributed by atoms with Gasteiger partial charge in [0, 0.05) is 18.8 Å². The normalized spacial score (nSPS) is 13.8. The number of hydrogen-bond acceptors (Lipinski definition) is 6. The SMILES string of the molecule is CCN(CC(CS(=O)(=O)O)OS(=O)(=O)O)c1cccc(C)c1. The molecule has 0 aliphatic carbocycles. The molecule has 0 amide bonds. The average Bonchev–Trinajstić information content (AvgIpc) is 2.31. The largest absolute Gasteiger partial charge is 0.397 e. The summed E-state index contributed by atoms with van der Waals surface area (Å²) in [6.45, 7) is 3.97. The third kappa shape index (κ3) is 7.18. The Morgan fingerprint density at radius 2 is 1.86 bits per heavy atom. The van der Waals surface area contributed by atoms with E-state index < -0.39 is 32.4 Å². The van der Waals surface area contributed by atoms with Crippen LogP contribution in [0.15, 0.2) is 24.3 Å². The Morgan fingerprint density at radius 3 is 2.32 bits per heavy atom. The standard InChI is InChI=1S/C12H19NO7S2/c1-3-13(11-6-4-5-10(2)7-11)8-12(9-21(14,15)16)20-22(17,18)19/h4-7,12H,3,8-9H2,1-2H3,(H,14,15,16)(H,17,18,19). The van der Waals surface area contributed by atoms with Crippen LogP contribution in [0.3, 0.4) is 0 Å². The first-order chi connectivity index (χ1) is 10.00. The van der Waals surface area contributed by atoms with Gasteiger partial charge in [-0.25, -0.2) is 4.18 Å². The second-order valence-corrected chi connectivity index (χ2v) is 7.32. The Bertz CT molecular complexity index is 666. The molecule has 0 aromatic heterocycles. The fraction of sp³-hybridized carbons (Fsp3) is 0.500. The molecule has 0 radical (unpaired) electrons. The number of anilines is 1. The molecule has 0 spiro atoms. The van der Waals surface area contributed by atoms with E-state index in [-0.39, 0.29) is 6.54 Å². The maximum absolute atomic E-state index is 11.0. The van der Waals surface area contributed by atoms with Crippen LogP contribution in [-0.4, -0.2) is 50.9 Å². The van der Waals surface area contributed by atoms with E-state index in [1.807, 2.05) is 19.1 Å². The Balaban J connectivity index is 2.99.